The molecule has 0 N–H and O–H groups in total. The minimum atomic E-state index is -0.508. The minimum absolute atomic E-state index is 0.508. The maximum absolute atomic E-state index is 13.0. The van der Waals surface area contributed by atoms with Gasteiger partial charge in [-0.3, -0.25) is 0 Å². The van der Waals surface area contributed by atoms with Crippen molar-refractivity contribution in [1.29, 1.82) is 0 Å². The average Bonchev–Trinajstić information content (AvgIpc) is 2.29. The van der Waals surface area contributed by atoms with Gasteiger partial charge in [0.2, 0.25) is 5.95 Å². The molecule has 2 rings (SSSR count). The summed E-state index contributed by atoms with van der Waals surface area (Å²) in [6, 6.07) is 9.54. The van der Waals surface area contributed by atoms with E-state index in [0.29, 0.717) is 12.4 Å². The van der Waals surface area contributed by atoms with Crippen LogP contribution in [0.25, 0.3) is 0 Å². The summed E-state index contributed by atoms with van der Waals surface area (Å²) in [5.74, 6) is 0.0742. The Morgan fingerprint density at radius 2 is 2.06 bits per heavy atom. The summed E-state index contributed by atoms with van der Waals surface area (Å²) in [5, 5.41) is 0. The van der Waals surface area contributed by atoms with Crippen molar-refractivity contribution >= 4 is 5.82 Å². The molecule has 0 spiro atoms. The highest BCUT2D eigenvalue weighted by molar-refractivity contribution is 5.37. The highest BCUT2D eigenvalue weighted by Gasteiger charge is 2.05. The molecule has 0 aliphatic heterocycles. The molecule has 1 aromatic heterocycles. The van der Waals surface area contributed by atoms with Crippen molar-refractivity contribution in [3.63, 3.8) is 0 Å². The van der Waals surface area contributed by atoms with E-state index in [-0.39, 0.29) is 0 Å². The summed E-state index contributed by atoms with van der Waals surface area (Å²) in [5.41, 5.74) is 2.39. The summed E-state index contributed by atoms with van der Waals surface area (Å²) in [7, 11) is 1.88. The Kier molecular flexibility index (Phi) is 3.32. The van der Waals surface area contributed by atoms with Gasteiger partial charge in [-0.25, -0.2) is 9.97 Å². The van der Waals surface area contributed by atoms with Gasteiger partial charge in [0.05, 0.1) is 0 Å². The number of rotatable bonds is 3. The van der Waals surface area contributed by atoms with E-state index in [9.17, 15) is 4.39 Å². The molecule has 0 saturated heterocycles. The van der Waals surface area contributed by atoms with Crippen molar-refractivity contribution in [2.24, 2.45) is 0 Å². The number of nitrogens with zero attached hydrogens (tertiary/aromatic N) is 3. The van der Waals surface area contributed by atoms with Crippen LogP contribution in [0.3, 0.4) is 0 Å². The predicted molar refractivity (Wildman–Crippen MR) is 65.3 cm³/mol. The zero-order chi connectivity index (χ0) is 12.3. The molecule has 0 unspecified atom stereocenters. The van der Waals surface area contributed by atoms with E-state index in [2.05, 4.69) is 16.0 Å². The second kappa shape index (κ2) is 4.91. The third-order valence-electron chi connectivity index (χ3n) is 2.51. The van der Waals surface area contributed by atoms with Gasteiger partial charge in [0.15, 0.2) is 0 Å². The summed E-state index contributed by atoms with van der Waals surface area (Å²) in [6.45, 7) is 2.74. The van der Waals surface area contributed by atoms with Gasteiger partial charge in [-0.1, -0.05) is 29.8 Å². The molecule has 0 atom stereocenters. The van der Waals surface area contributed by atoms with Crippen LogP contribution in [0.15, 0.2) is 36.7 Å². The lowest BCUT2D eigenvalue weighted by molar-refractivity contribution is 0.578. The van der Waals surface area contributed by atoms with E-state index in [1.807, 2.05) is 37.1 Å². The first-order valence-electron chi connectivity index (χ1n) is 5.39. The van der Waals surface area contributed by atoms with Crippen LogP contribution in [0, 0.1) is 12.9 Å². The van der Waals surface area contributed by atoms with E-state index < -0.39 is 5.95 Å². The van der Waals surface area contributed by atoms with Gasteiger partial charge < -0.3 is 4.90 Å². The van der Waals surface area contributed by atoms with Crippen molar-refractivity contribution in [1.82, 2.24) is 9.97 Å². The van der Waals surface area contributed by atoms with E-state index in [1.165, 1.54) is 23.5 Å². The van der Waals surface area contributed by atoms with Gasteiger partial charge >= 0.3 is 0 Å². The molecule has 1 aromatic carbocycles. The number of anilines is 1. The second-order valence-corrected chi connectivity index (χ2v) is 4.04. The maximum Gasteiger partial charge on any atom is 0.218 e. The normalized spacial score (nSPS) is 10.3. The maximum atomic E-state index is 13.0. The Labute approximate surface area is 99.9 Å². The molecule has 88 valence electrons. The molecule has 0 aliphatic carbocycles. The van der Waals surface area contributed by atoms with Gasteiger partial charge in [0.25, 0.3) is 0 Å². The van der Waals surface area contributed by atoms with Crippen LogP contribution in [-0.4, -0.2) is 17.0 Å². The Morgan fingerprint density at radius 3 is 2.76 bits per heavy atom. The minimum Gasteiger partial charge on any atom is -0.355 e. The molecule has 0 aliphatic rings. The number of hydrogen-bond donors (Lipinski definition) is 0. The molecule has 0 radical (unpaired) electrons. The molecule has 17 heavy (non-hydrogen) atoms. The van der Waals surface area contributed by atoms with Crippen molar-refractivity contribution in [3.8, 4) is 0 Å². The molecule has 0 saturated carbocycles. The number of aryl methyl sites for hydroxylation is 1. The fraction of sp³-hybridized carbons (Fsp3) is 0.231. The molecular weight excluding hydrogens is 217 g/mol. The van der Waals surface area contributed by atoms with Crippen LogP contribution in [0.4, 0.5) is 10.2 Å². The van der Waals surface area contributed by atoms with E-state index in [0.717, 1.165) is 0 Å². The van der Waals surface area contributed by atoms with Gasteiger partial charge in [0, 0.05) is 19.7 Å². The van der Waals surface area contributed by atoms with Crippen LogP contribution in [0.5, 0.6) is 0 Å². The SMILES string of the molecule is Cc1cccc(CN(C)c2cc(F)ncn2)c1. The zero-order valence-corrected chi connectivity index (χ0v) is 9.89. The molecule has 0 bridgehead atoms. The van der Waals surface area contributed by atoms with Crippen molar-refractivity contribution in [2.75, 3.05) is 11.9 Å². The first kappa shape index (κ1) is 11.5. The molecule has 0 amide bonds. The monoisotopic (exact) mass is 231 g/mol. The van der Waals surface area contributed by atoms with Crippen molar-refractivity contribution < 1.29 is 4.39 Å². The van der Waals surface area contributed by atoms with Crippen LogP contribution >= 0.6 is 0 Å². The summed E-state index contributed by atoms with van der Waals surface area (Å²) >= 11 is 0. The quantitative estimate of drug-likeness (QED) is 0.760. The van der Waals surface area contributed by atoms with Gasteiger partial charge in [0.1, 0.15) is 12.1 Å². The van der Waals surface area contributed by atoms with Gasteiger partial charge in [-0.05, 0) is 12.5 Å². The molecule has 2 aromatic rings. The summed E-state index contributed by atoms with van der Waals surface area (Å²) in [4.78, 5) is 9.36. The highest BCUT2D eigenvalue weighted by atomic mass is 19.1. The average molecular weight is 231 g/mol. The van der Waals surface area contributed by atoms with E-state index in [1.54, 1.807) is 0 Å². The Balaban J connectivity index is 2.14. The fourth-order valence-corrected chi connectivity index (χ4v) is 1.70. The standard InChI is InChI=1S/C13H14FN3/c1-10-4-3-5-11(6-10)8-17(2)13-7-12(14)15-9-16-13/h3-7,9H,8H2,1-2H3. The van der Waals surface area contributed by atoms with Crippen LogP contribution in [0.1, 0.15) is 11.1 Å². The smallest absolute Gasteiger partial charge is 0.218 e. The summed E-state index contributed by atoms with van der Waals surface area (Å²) < 4.78 is 13.0. The van der Waals surface area contributed by atoms with Crippen molar-refractivity contribution in [2.45, 2.75) is 13.5 Å². The van der Waals surface area contributed by atoms with Gasteiger partial charge in [-0.2, -0.15) is 4.39 Å². The second-order valence-electron chi connectivity index (χ2n) is 4.04. The molecule has 0 fully saturated rings. The Hall–Kier alpha value is -1.97. The topological polar surface area (TPSA) is 29.0 Å². The molecule has 4 heteroatoms. The third-order valence-corrected chi connectivity index (χ3v) is 2.51. The van der Waals surface area contributed by atoms with Gasteiger partial charge in [-0.15, -0.1) is 0 Å². The van der Waals surface area contributed by atoms with Crippen LogP contribution in [-0.2, 0) is 6.54 Å². The fourth-order valence-electron chi connectivity index (χ4n) is 1.70. The first-order chi connectivity index (χ1) is 8.15. The van der Waals surface area contributed by atoms with E-state index in [4.69, 9.17) is 0 Å². The predicted octanol–water partition coefficient (Wildman–Crippen LogP) is 2.56. The lowest BCUT2D eigenvalue weighted by Gasteiger charge is -2.18. The first-order valence-corrected chi connectivity index (χ1v) is 5.39. The Morgan fingerprint density at radius 1 is 1.24 bits per heavy atom. The molecular formula is C13H14FN3. The molecule has 1 heterocycles. The molecule has 3 nitrogen and oxygen atoms in total. The largest absolute Gasteiger partial charge is 0.355 e. The summed E-state index contributed by atoms with van der Waals surface area (Å²) in [6.07, 6.45) is 1.23. The number of benzene rings is 1. The highest BCUT2D eigenvalue weighted by Crippen LogP contribution is 2.13. The third kappa shape index (κ3) is 3.00. The van der Waals surface area contributed by atoms with Crippen molar-refractivity contribution in [3.05, 3.63) is 53.7 Å². The zero-order valence-electron chi connectivity index (χ0n) is 9.89. The van der Waals surface area contributed by atoms with E-state index >= 15 is 0 Å². The lowest BCUT2D eigenvalue weighted by atomic mass is 10.1. The van der Waals surface area contributed by atoms with Crippen LogP contribution < -0.4 is 4.90 Å². The lowest BCUT2D eigenvalue weighted by Crippen LogP contribution is -2.18. The Bertz CT molecular complexity index is 514. The number of aromatic nitrogens is 2. The van der Waals surface area contributed by atoms with Crippen LogP contribution in [0.2, 0.25) is 0 Å². The number of halogens is 1. The number of hydrogen-bond acceptors (Lipinski definition) is 3.